The summed E-state index contributed by atoms with van der Waals surface area (Å²) in [6, 6.07) is 12.3. The number of rotatable bonds is 1. The summed E-state index contributed by atoms with van der Waals surface area (Å²) in [4.78, 5) is 16.9. The van der Waals surface area contributed by atoms with Crippen molar-refractivity contribution < 1.29 is 4.79 Å². The second-order valence-electron chi connectivity index (χ2n) is 4.99. The lowest BCUT2D eigenvalue weighted by Crippen LogP contribution is -2.34. The summed E-state index contributed by atoms with van der Waals surface area (Å²) in [6.45, 7) is 1.59. The van der Waals surface area contributed by atoms with Crippen LogP contribution in [0.4, 0.5) is 0 Å². The minimum absolute atomic E-state index is 0.169. The van der Waals surface area contributed by atoms with E-state index >= 15 is 0 Å². The Bertz CT molecular complexity index is 753. The molecule has 4 rings (SSSR count). The Morgan fingerprint density at radius 2 is 2.10 bits per heavy atom. The van der Waals surface area contributed by atoms with E-state index in [4.69, 9.17) is 0 Å². The monoisotopic (exact) mass is 299 g/mol. The third-order valence-corrected chi connectivity index (χ3v) is 5.86. The van der Waals surface area contributed by atoms with Gasteiger partial charge in [0.15, 0.2) is 0 Å². The van der Waals surface area contributed by atoms with Crippen molar-refractivity contribution in [3.63, 3.8) is 0 Å². The number of thiophene rings is 2. The van der Waals surface area contributed by atoms with E-state index in [1.165, 1.54) is 15.1 Å². The maximum atomic E-state index is 12.6. The highest BCUT2D eigenvalue weighted by Gasteiger charge is 2.23. The van der Waals surface area contributed by atoms with Gasteiger partial charge in [0.2, 0.25) is 0 Å². The largest absolute Gasteiger partial charge is 0.333 e. The number of hydrogen-bond acceptors (Lipinski definition) is 3. The van der Waals surface area contributed by atoms with Gasteiger partial charge in [-0.15, -0.1) is 22.7 Å². The number of hydrogen-bond donors (Lipinski definition) is 0. The third kappa shape index (κ3) is 1.96. The topological polar surface area (TPSA) is 20.3 Å². The fourth-order valence-electron chi connectivity index (χ4n) is 2.66. The SMILES string of the molecule is O=C(c1cc2ccccc2s1)N1CCc2sccc2C1. The molecule has 2 aromatic heterocycles. The Morgan fingerprint density at radius 3 is 3.00 bits per heavy atom. The van der Waals surface area contributed by atoms with Crippen LogP contribution in [0.2, 0.25) is 0 Å². The molecule has 2 nitrogen and oxygen atoms in total. The highest BCUT2D eigenvalue weighted by atomic mass is 32.1. The summed E-state index contributed by atoms with van der Waals surface area (Å²) < 4.78 is 1.18. The maximum Gasteiger partial charge on any atom is 0.264 e. The summed E-state index contributed by atoms with van der Waals surface area (Å²) in [6.07, 6.45) is 0.990. The Balaban J connectivity index is 1.64. The molecule has 0 bridgehead atoms. The summed E-state index contributed by atoms with van der Waals surface area (Å²) >= 11 is 3.40. The van der Waals surface area contributed by atoms with Crippen LogP contribution in [0.25, 0.3) is 10.1 Å². The molecule has 0 unspecified atom stereocenters. The van der Waals surface area contributed by atoms with Crippen molar-refractivity contribution in [1.29, 1.82) is 0 Å². The minimum Gasteiger partial charge on any atom is -0.333 e. The molecular formula is C16H13NOS2. The van der Waals surface area contributed by atoms with Gasteiger partial charge in [0.05, 0.1) is 4.88 Å². The Labute approximate surface area is 125 Å². The predicted molar refractivity (Wildman–Crippen MR) is 84.6 cm³/mol. The molecule has 20 heavy (non-hydrogen) atoms. The number of amides is 1. The molecule has 100 valence electrons. The van der Waals surface area contributed by atoms with Gasteiger partial charge in [0.1, 0.15) is 0 Å². The molecule has 0 radical (unpaired) electrons. The van der Waals surface area contributed by atoms with Crippen LogP contribution in [0.1, 0.15) is 20.1 Å². The van der Waals surface area contributed by atoms with E-state index in [0.717, 1.165) is 29.8 Å². The van der Waals surface area contributed by atoms with Gasteiger partial charge < -0.3 is 4.90 Å². The van der Waals surface area contributed by atoms with Crippen molar-refractivity contribution in [2.45, 2.75) is 13.0 Å². The van der Waals surface area contributed by atoms with Crippen LogP contribution in [0.3, 0.4) is 0 Å². The molecule has 0 saturated carbocycles. The lowest BCUT2D eigenvalue weighted by Gasteiger charge is -2.26. The fourth-order valence-corrected chi connectivity index (χ4v) is 4.59. The van der Waals surface area contributed by atoms with E-state index in [-0.39, 0.29) is 5.91 Å². The first-order valence-corrected chi connectivity index (χ1v) is 8.34. The first-order chi connectivity index (χ1) is 9.81. The Kier molecular flexibility index (Phi) is 2.86. The van der Waals surface area contributed by atoms with Crippen molar-refractivity contribution in [1.82, 2.24) is 4.90 Å². The van der Waals surface area contributed by atoms with E-state index in [1.54, 1.807) is 22.7 Å². The lowest BCUT2D eigenvalue weighted by atomic mass is 10.1. The fraction of sp³-hybridized carbons (Fsp3) is 0.188. The molecule has 0 spiro atoms. The number of fused-ring (bicyclic) bond motifs is 2. The molecule has 3 heterocycles. The summed E-state index contributed by atoms with van der Waals surface area (Å²) in [5.74, 6) is 0.169. The first-order valence-electron chi connectivity index (χ1n) is 6.64. The van der Waals surface area contributed by atoms with Gasteiger partial charge in [-0.05, 0) is 40.9 Å². The molecule has 1 aromatic carbocycles. The molecule has 0 atom stereocenters. The number of carbonyl (C=O) groups is 1. The third-order valence-electron chi connectivity index (χ3n) is 3.73. The van der Waals surface area contributed by atoms with Gasteiger partial charge in [0, 0.05) is 22.7 Å². The zero-order valence-corrected chi connectivity index (χ0v) is 12.5. The van der Waals surface area contributed by atoms with Crippen LogP contribution in [-0.4, -0.2) is 17.4 Å². The molecule has 3 aromatic rings. The Morgan fingerprint density at radius 1 is 1.20 bits per heavy atom. The second kappa shape index (κ2) is 4.72. The smallest absolute Gasteiger partial charge is 0.264 e. The molecular weight excluding hydrogens is 286 g/mol. The Hall–Kier alpha value is -1.65. The van der Waals surface area contributed by atoms with Crippen LogP contribution in [-0.2, 0) is 13.0 Å². The first kappa shape index (κ1) is 12.1. The molecule has 1 amide bonds. The molecule has 1 aliphatic heterocycles. The second-order valence-corrected chi connectivity index (χ2v) is 7.08. The van der Waals surface area contributed by atoms with Crippen LogP contribution >= 0.6 is 22.7 Å². The molecule has 0 fully saturated rings. The van der Waals surface area contributed by atoms with E-state index < -0.39 is 0 Å². The van der Waals surface area contributed by atoms with Crippen LogP contribution in [0.15, 0.2) is 41.8 Å². The van der Waals surface area contributed by atoms with Gasteiger partial charge in [-0.25, -0.2) is 0 Å². The zero-order valence-electron chi connectivity index (χ0n) is 10.8. The summed E-state index contributed by atoms with van der Waals surface area (Å²) in [7, 11) is 0. The average molecular weight is 299 g/mol. The van der Waals surface area contributed by atoms with Gasteiger partial charge in [0.25, 0.3) is 5.91 Å². The van der Waals surface area contributed by atoms with Gasteiger partial charge in [-0.1, -0.05) is 18.2 Å². The lowest BCUT2D eigenvalue weighted by molar-refractivity contribution is 0.0741. The molecule has 0 N–H and O–H groups in total. The summed E-state index contributed by atoms with van der Waals surface area (Å²) in [5.41, 5.74) is 1.32. The predicted octanol–water partition coefficient (Wildman–Crippen LogP) is 4.16. The molecule has 4 heteroatoms. The van der Waals surface area contributed by atoms with Crippen LogP contribution in [0.5, 0.6) is 0 Å². The van der Waals surface area contributed by atoms with Gasteiger partial charge in [-0.2, -0.15) is 0 Å². The van der Waals surface area contributed by atoms with E-state index in [2.05, 4.69) is 23.6 Å². The maximum absolute atomic E-state index is 12.6. The average Bonchev–Trinajstić information content (AvgIpc) is 3.11. The molecule has 0 aliphatic carbocycles. The number of benzene rings is 1. The minimum atomic E-state index is 0.169. The highest BCUT2D eigenvalue weighted by molar-refractivity contribution is 7.20. The quantitative estimate of drug-likeness (QED) is 0.660. The zero-order chi connectivity index (χ0) is 13.5. The van der Waals surface area contributed by atoms with E-state index in [1.807, 2.05) is 23.1 Å². The van der Waals surface area contributed by atoms with E-state index in [9.17, 15) is 4.79 Å². The van der Waals surface area contributed by atoms with Gasteiger partial charge in [-0.3, -0.25) is 4.79 Å². The van der Waals surface area contributed by atoms with Crippen LogP contribution < -0.4 is 0 Å². The number of nitrogens with zero attached hydrogens (tertiary/aromatic N) is 1. The van der Waals surface area contributed by atoms with Crippen molar-refractivity contribution in [2.24, 2.45) is 0 Å². The molecule has 1 aliphatic rings. The van der Waals surface area contributed by atoms with Crippen molar-refractivity contribution >= 4 is 38.7 Å². The highest BCUT2D eigenvalue weighted by Crippen LogP contribution is 2.29. The summed E-state index contributed by atoms with van der Waals surface area (Å²) in [5, 5.41) is 3.28. The van der Waals surface area contributed by atoms with Crippen LogP contribution in [0, 0.1) is 0 Å². The molecule has 0 saturated heterocycles. The van der Waals surface area contributed by atoms with Crippen molar-refractivity contribution in [3.05, 3.63) is 57.1 Å². The number of carbonyl (C=O) groups excluding carboxylic acids is 1. The van der Waals surface area contributed by atoms with Gasteiger partial charge >= 0.3 is 0 Å². The van der Waals surface area contributed by atoms with Crippen molar-refractivity contribution in [3.8, 4) is 0 Å². The van der Waals surface area contributed by atoms with E-state index in [0.29, 0.717) is 0 Å². The standard InChI is InChI=1S/C16H13NOS2/c18-16(15-9-11-3-1-2-4-14(11)20-15)17-7-5-13-12(10-17)6-8-19-13/h1-4,6,8-9H,5,7,10H2. The van der Waals surface area contributed by atoms with Crippen molar-refractivity contribution in [2.75, 3.05) is 6.54 Å². The normalized spacial score (nSPS) is 14.5.